The van der Waals surface area contributed by atoms with Gasteiger partial charge in [-0.2, -0.15) is 0 Å². The molecule has 2 aromatic rings. The van der Waals surface area contributed by atoms with Gasteiger partial charge >= 0.3 is 0 Å². The maximum absolute atomic E-state index is 5.60. The van der Waals surface area contributed by atoms with E-state index in [0.29, 0.717) is 0 Å². The highest BCUT2D eigenvalue weighted by atomic mass is 35.5. The van der Waals surface area contributed by atoms with E-state index in [1.165, 1.54) is 0 Å². The molecule has 0 unspecified atom stereocenters. The fraction of sp³-hybridized carbons (Fsp3) is 0.308. The van der Waals surface area contributed by atoms with Gasteiger partial charge in [0.05, 0.1) is 12.9 Å². The summed E-state index contributed by atoms with van der Waals surface area (Å²) in [6.07, 6.45) is 7.46. The van der Waals surface area contributed by atoms with Gasteiger partial charge in [-0.1, -0.05) is 0 Å². The summed E-state index contributed by atoms with van der Waals surface area (Å²) >= 11 is 0. The molecule has 98 valence electrons. The molecule has 0 aliphatic heterocycles. The van der Waals surface area contributed by atoms with Crippen molar-refractivity contribution in [1.29, 1.82) is 0 Å². The lowest BCUT2D eigenvalue weighted by Gasteiger charge is -2.07. The van der Waals surface area contributed by atoms with E-state index in [4.69, 9.17) is 10.5 Å². The second kappa shape index (κ2) is 7.74. The third-order valence-corrected chi connectivity index (χ3v) is 2.51. The highest BCUT2D eigenvalue weighted by Crippen LogP contribution is 2.15. The van der Waals surface area contributed by atoms with Gasteiger partial charge in [0.25, 0.3) is 0 Å². The van der Waals surface area contributed by atoms with Crippen molar-refractivity contribution in [3.8, 4) is 11.4 Å². The second-order valence-corrected chi connectivity index (χ2v) is 3.81. The number of benzene rings is 1. The lowest BCUT2D eigenvalue weighted by Crippen LogP contribution is -2.03. The number of rotatable bonds is 6. The Bertz CT molecular complexity index is 428. The summed E-state index contributed by atoms with van der Waals surface area (Å²) in [4.78, 5) is 4.01. The molecule has 0 fully saturated rings. The molecule has 0 saturated carbocycles. The average molecular weight is 268 g/mol. The summed E-state index contributed by atoms with van der Waals surface area (Å²) in [5.41, 5.74) is 6.50. The molecule has 2 N–H and O–H groups in total. The molecule has 0 spiro atoms. The van der Waals surface area contributed by atoms with Crippen LogP contribution in [0.15, 0.2) is 43.0 Å². The standard InChI is InChI=1S/C13H17N3O.ClH/c14-7-1-2-10-17-13-5-3-12(4-6-13)16-9-8-15-11-16;/h3-6,8-9,11H,1-2,7,10,14H2;1H. The Hall–Kier alpha value is -1.52. The van der Waals surface area contributed by atoms with Crippen molar-refractivity contribution in [3.05, 3.63) is 43.0 Å². The molecule has 0 amide bonds. The summed E-state index contributed by atoms with van der Waals surface area (Å²) in [5, 5.41) is 0. The summed E-state index contributed by atoms with van der Waals surface area (Å²) in [6.45, 7) is 1.45. The highest BCUT2D eigenvalue weighted by molar-refractivity contribution is 5.85. The smallest absolute Gasteiger partial charge is 0.119 e. The van der Waals surface area contributed by atoms with Gasteiger partial charge in [-0.25, -0.2) is 4.98 Å². The first-order valence-corrected chi connectivity index (χ1v) is 5.81. The minimum atomic E-state index is 0. The normalized spacial score (nSPS) is 9.83. The lowest BCUT2D eigenvalue weighted by atomic mass is 10.3. The van der Waals surface area contributed by atoms with Crippen molar-refractivity contribution < 1.29 is 4.74 Å². The van der Waals surface area contributed by atoms with Crippen LogP contribution in [0.3, 0.4) is 0 Å². The zero-order chi connectivity index (χ0) is 11.9. The Morgan fingerprint density at radius 3 is 2.56 bits per heavy atom. The fourth-order valence-corrected chi connectivity index (χ4v) is 1.56. The molecule has 0 aliphatic rings. The van der Waals surface area contributed by atoms with Gasteiger partial charge in [-0.15, -0.1) is 12.4 Å². The number of nitrogens with zero attached hydrogens (tertiary/aromatic N) is 2. The number of imidazole rings is 1. The molecule has 5 heteroatoms. The van der Waals surface area contributed by atoms with Crippen LogP contribution < -0.4 is 10.5 Å². The Morgan fingerprint density at radius 1 is 1.17 bits per heavy atom. The Morgan fingerprint density at radius 2 is 1.94 bits per heavy atom. The molecule has 0 saturated heterocycles. The lowest BCUT2D eigenvalue weighted by molar-refractivity contribution is 0.308. The van der Waals surface area contributed by atoms with Crippen LogP contribution in [0.25, 0.3) is 5.69 Å². The topological polar surface area (TPSA) is 53.1 Å². The van der Waals surface area contributed by atoms with Gasteiger partial charge in [-0.05, 0) is 43.7 Å². The van der Waals surface area contributed by atoms with Crippen LogP contribution in [-0.2, 0) is 0 Å². The number of aromatic nitrogens is 2. The van der Waals surface area contributed by atoms with E-state index in [2.05, 4.69) is 4.98 Å². The van der Waals surface area contributed by atoms with Gasteiger partial charge in [0, 0.05) is 18.1 Å². The largest absolute Gasteiger partial charge is 0.494 e. The molecule has 18 heavy (non-hydrogen) atoms. The van der Waals surface area contributed by atoms with E-state index in [1.54, 1.807) is 12.5 Å². The van der Waals surface area contributed by atoms with Crippen molar-refractivity contribution in [2.24, 2.45) is 5.73 Å². The van der Waals surface area contributed by atoms with Crippen LogP contribution in [0.4, 0.5) is 0 Å². The van der Waals surface area contributed by atoms with Crippen LogP contribution in [0.1, 0.15) is 12.8 Å². The zero-order valence-electron chi connectivity index (χ0n) is 10.2. The van der Waals surface area contributed by atoms with Crippen molar-refractivity contribution in [2.75, 3.05) is 13.2 Å². The van der Waals surface area contributed by atoms with Crippen LogP contribution in [-0.4, -0.2) is 22.7 Å². The quantitative estimate of drug-likeness (QED) is 0.818. The molecule has 2 rings (SSSR count). The molecule has 1 aromatic heterocycles. The van der Waals surface area contributed by atoms with E-state index in [-0.39, 0.29) is 12.4 Å². The number of unbranched alkanes of at least 4 members (excludes halogenated alkanes) is 1. The van der Waals surface area contributed by atoms with Gasteiger partial charge in [0.1, 0.15) is 5.75 Å². The third-order valence-electron chi connectivity index (χ3n) is 2.51. The van der Waals surface area contributed by atoms with Crippen LogP contribution in [0, 0.1) is 0 Å². The number of nitrogens with two attached hydrogens (primary N) is 1. The summed E-state index contributed by atoms with van der Waals surface area (Å²) in [7, 11) is 0. The molecule has 1 heterocycles. The molecule has 1 aromatic carbocycles. The number of halogens is 1. The second-order valence-electron chi connectivity index (χ2n) is 3.81. The number of ether oxygens (including phenoxy) is 1. The van der Waals surface area contributed by atoms with Crippen molar-refractivity contribution in [2.45, 2.75) is 12.8 Å². The van der Waals surface area contributed by atoms with Crippen LogP contribution in [0.2, 0.25) is 0 Å². The Kier molecular flexibility index (Phi) is 6.25. The maximum atomic E-state index is 5.60. The first kappa shape index (κ1) is 14.5. The first-order valence-electron chi connectivity index (χ1n) is 5.81. The highest BCUT2D eigenvalue weighted by Gasteiger charge is 1.97. The minimum Gasteiger partial charge on any atom is -0.494 e. The van der Waals surface area contributed by atoms with Gasteiger partial charge in [0.15, 0.2) is 0 Å². The van der Waals surface area contributed by atoms with Gasteiger partial charge in [-0.3, -0.25) is 0 Å². The SMILES string of the molecule is Cl.NCCCCOc1ccc(-n2ccnc2)cc1. The first-order chi connectivity index (χ1) is 8.40. The number of hydrogen-bond donors (Lipinski definition) is 1. The fourth-order valence-electron chi connectivity index (χ4n) is 1.56. The maximum Gasteiger partial charge on any atom is 0.119 e. The molecule has 0 atom stereocenters. The molecule has 0 aliphatic carbocycles. The van der Waals surface area contributed by atoms with E-state index in [9.17, 15) is 0 Å². The minimum absolute atomic E-state index is 0. The van der Waals surface area contributed by atoms with E-state index < -0.39 is 0 Å². The molecule has 0 bridgehead atoms. The zero-order valence-corrected chi connectivity index (χ0v) is 11.0. The molecular weight excluding hydrogens is 250 g/mol. The predicted molar refractivity (Wildman–Crippen MR) is 74.6 cm³/mol. The molecular formula is C13H18ClN3O. The molecule has 0 radical (unpaired) electrons. The van der Waals surface area contributed by atoms with Crippen molar-refractivity contribution in [1.82, 2.24) is 9.55 Å². The van der Waals surface area contributed by atoms with Crippen molar-refractivity contribution >= 4 is 12.4 Å². The van der Waals surface area contributed by atoms with Crippen molar-refractivity contribution in [3.63, 3.8) is 0 Å². The van der Waals surface area contributed by atoms with E-state index in [0.717, 1.165) is 37.4 Å². The Balaban J connectivity index is 0.00000162. The van der Waals surface area contributed by atoms with Gasteiger partial charge < -0.3 is 15.0 Å². The predicted octanol–water partition coefficient (Wildman–Crippen LogP) is 2.41. The average Bonchev–Trinajstić information content (AvgIpc) is 2.89. The number of hydrogen-bond acceptors (Lipinski definition) is 3. The summed E-state index contributed by atoms with van der Waals surface area (Å²) in [6, 6.07) is 7.97. The Labute approximate surface area is 113 Å². The third kappa shape index (κ3) is 4.05. The summed E-state index contributed by atoms with van der Waals surface area (Å²) in [5.74, 6) is 0.894. The monoisotopic (exact) mass is 267 g/mol. The van der Waals surface area contributed by atoms with Crippen LogP contribution in [0.5, 0.6) is 5.75 Å². The van der Waals surface area contributed by atoms with E-state index >= 15 is 0 Å². The molecule has 4 nitrogen and oxygen atoms in total. The summed E-state index contributed by atoms with van der Waals surface area (Å²) < 4.78 is 7.56. The van der Waals surface area contributed by atoms with Gasteiger partial charge in [0.2, 0.25) is 0 Å². The van der Waals surface area contributed by atoms with Crippen LogP contribution >= 0.6 is 12.4 Å². The van der Waals surface area contributed by atoms with E-state index in [1.807, 2.05) is 35.0 Å².